The van der Waals surface area contributed by atoms with E-state index in [1.54, 1.807) is 0 Å². The maximum absolute atomic E-state index is 13.0. The van der Waals surface area contributed by atoms with Gasteiger partial charge >= 0.3 is 39.5 Å². The van der Waals surface area contributed by atoms with Gasteiger partial charge in [-0.1, -0.05) is 278 Å². The highest BCUT2D eigenvalue weighted by Gasteiger charge is 2.30. The van der Waals surface area contributed by atoms with Crippen LogP contribution in [0.15, 0.2) is 24.3 Å². The van der Waals surface area contributed by atoms with Gasteiger partial charge in [-0.25, -0.2) is 9.13 Å². The number of phosphoric ester groups is 2. The molecule has 0 bridgehead atoms. The van der Waals surface area contributed by atoms with Crippen molar-refractivity contribution >= 4 is 39.5 Å². The molecule has 0 aliphatic rings. The van der Waals surface area contributed by atoms with Gasteiger partial charge in [0.05, 0.1) is 26.4 Å². The second-order valence-corrected chi connectivity index (χ2v) is 28.2. The van der Waals surface area contributed by atoms with Crippen LogP contribution in [0.2, 0.25) is 0 Å². The fraction of sp³-hybridized carbons (Fsp3) is 0.886. The molecule has 0 spiro atoms. The molecule has 0 amide bonds. The first kappa shape index (κ1) is 86.5. The Bertz CT molecular complexity index is 1830. The van der Waals surface area contributed by atoms with Crippen LogP contribution in [0.1, 0.15) is 330 Å². The van der Waals surface area contributed by atoms with E-state index in [0.29, 0.717) is 25.7 Å². The smallest absolute Gasteiger partial charge is 0.462 e. The first-order chi connectivity index (χ1) is 42.9. The third-order valence-corrected chi connectivity index (χ3v) is 17.8. The van der Waals surface area contributed by atoms with Crippen LogP contribution < -0.4 is 0 Å². The van der Waals surface area contributed by atoms with Gasteiger partial charge in [0.2, 0.25) is 0 Å². The molecule has 3 N–H and O–H groups in total. The van der Waals surface area contributed by atoms with Crippen LogP contribution in [0, 0.1) is 11.8 Å². The summed E-state index contributed by atoms with van der Waals surface area (Å²) in [5.41, 5.74) is 0. The maximum Gasteiger partial charge on any atom is 0.472 e. The molecule has 0 rings (SSSR count). The van der Waals surface area contributed by atoms with Crippen molar-refractivity contribution in [3.8, 4) is 0 Å². The highest BCUT2D eigenvalue weighted by Crippen LogP contribution is 2.45. The molecule has 0 aliphatic heterocycles. The van der Waals surface area contributed by atoms with Crippen LogP contribution in [0.4, 0.5) is 0 Å². The van der Waals surface area contributed by atoms with Gasteiger partial charge < -0.3 is 33.8 Å². The fourth-order valence-electron chi connectivity index (χ4n) is 10.0. The van der Waals surface area contributed by atoms with E-state index in [2.05, 4.69) is 65.8 Å². The first-order valence-electron chi connectivity index (χ1n) is 35.8. The summed E-state index contributed by atoms with van der Waals surface area (Å²) < 4.78 is 68.1. The van der Waals surface area contributed by atoms with Gasteiger partial charge in [-0.3, -0.25) is 37.3 Å². The highest BCUT2D eigenvalue weighted by atomic mass is 31.2. The Labute approximate surface area is 542 Å². The summed E-state index contributed by atoms with van der Waals surface area (Å²) in [6.45, 7) is 9.44. The number of aliphatic hydroxyl groups is 1. The zero-order valence-corrected chi connectivity index (χ0v) is 59.0. The summed E-state index contributed by atoms with van der Waals surface area (Å²) >= 11 is 0. The summed E-state index contributed by atoms with van der Waals surface area (Å²) in [5.74, 6) is -0.613. The van der Waals surface area contributed by atoms with Crippen molar-refractivity contribution in [1.82, 2.24) is 0 Å². The molecule has 0 heterocycles. The van der Waals surface area contributed by atoms with Crippen LogP contribution in [0.5, 0.6) is 0 Å². The van der Waals surface area contributed by atoms with Crippen LogP contribution in [-0.4, -0.2) is 96.7 Å². The van der Waals surface area contributed by atoms with E-state index in [9.17, 15) is 43.2 Å². The van der Waals surface area contributed by atoms with Crippen LogP contribution >= 0.6 is 15.6 Å². The van der Waals surface area contributed by atoms with Crippen LogP contribution in [0.3, 0.4) is 0 Å². The number of carbonyl (C=O) groups excluding carboxylic acids is 4. The number of phosphoric acid groups is 2. The van der Waals surface area contributed by atoms with E-state index in [4.69, 9.17) is 37.0 Å². The summed E-state index contributed by atoms with van der Waals surface area (Å²) in [5, 5.41) is 10.6. The van der Waals surface area contributed by atoms with E-state index >= 15 is 0 Å². The molecule has 0 aromatic rings. The van der Waals surface area contributed by atoms with E-state index < -0.39 is 97.5 Å². The zero-order chi connectivity index (χ0) is 65.7. The Morgan fingerprint density at radius 1 is 0.371 bits per heavy atom. The lowest BCUT2D eigenvalue weighted by molar-refractivity contribution is -0.161. The number of carbonyl (C=O) groups is 4. The molecule has 0 radical (unpaired) electrons. The number of allylic oxidation sites excluding steroid dienone is 4. The highest BCUT2D eigenvalue weighted by molar-refractivity contribution is 7.47. The van der Waals surface area contributed by atoms with E-state index in [-0.39, 0.29) is 25.7 Å². The summed E-state index contributed by atoms with van der Waals surface area (Å²) in [6, 6.07) is 0. The monoisotopic (exact) mass is 1310 g/mol. The van der Waals surface area contributed by atoms with Crippen molar-refractivity contribution in [2.24, 2.45) is 11.8 Å². The van der Waals surface area contributed by atoms with Crippen LogP contribution in [0.25, 0.3) is 0 Å². The Hall–Kier alpha value is -2.46. The molecule has 89 heavy (non-hydrogen) atoms. The minimum Gasteiger partial charge on any atom is -0.462 e. The molecule has 19 heteroatoms. The van der Waals surface area contributed by atoms with Gasteiger partial charge in [-0.2, -0.15) is 0 Å². The third-order valence-electron chi connectivity index (χ3n) is 15.9. The average molecular weight is 1310 g/mol. The topological polar surface area (TPSA) is 237 Å². The molecule has 0 aromatic carbocycles. The molecule has 0 saturated carbocycles. The van der Waals surface area contributed by atoms with E-state index in [0.717, 1.165) is 127 Å². The molecule has 0 saturated heterocycles. The van der Waals surface area contributed by atoms with E-state index in [1.165, 1.54) is 122 Å². The third kappa shape index (κ3) is 62.7. The zero-order valence-electron chi connectivity index (χ0n) is 57.2. The lowest BCUT2D eigenvalue weighted by Gasteiger charge is -2.21. The Kier molecular flexibility index (Phi) is 60.0. The van der Waals surface area contributed by atoms with Crippen molar-refractivity contribution in [3.05, 3.63) is 24.3 Å². The fourth-order valence-corrected chi connectivity index (χ4v) is 11.6. The van der Waals surface area contributed by atoms with Gasteiger partial charge in [-0.05, 0) is 63.2 Å². The van der Waals surface area contributed by atoms with Gasteiger partial charge in [0, 0.05) is 25.7 Å². The molecule has 6 atom stereocenters. The molecule has 524 valence electrons. The summed E-state index contributed by atoms with van der Waals surface area (Å²) in [4.78, 5) is 72.4. The number of unbranched alkanes of at least 4 members (excludes halogenated alkanes) is 33. The Morgan fingerprint density at radius 3 is 1.01 bits per heavy atom. The predicted molar refractivity (Wildman–Crippen MR) is 358 cm³/mol. The average Bonchev–Trinajstić information content (AvgIpc) is 3.72. The number of hydrogen-bond donors (Lipinski definition) is 3. The van der Waals surface area contributed by atoms with Gasteiger partial charge in [0.25, 0.3) is 0 Å². The maximum atomic E-state index is 13.0. The molecule has 17 nitrogen and oxygen atoms in total. The molecule has 0 aliphatic carbocycles. The molecular weight excluding hydrogens is 1170 g/mol. The lowest BCUT2D eigenvalue weighted by Crippen LogP contribution is -2.30. The summed E-state index contributed by atoms with van der Waals surface area (Å²) in [6.07, 6.45) is 49.4. The SMILES string of the molecule is CCCCCC/C=C\C=C/CCCCCCCC(=O)O[C@H](COC(=O)CCCCCCCCCCCCCCC(C)C)COP(=O)(O)OC[C@@H](O)COP(=O)(O)OC[C@@H](COC(=O)CCCCCCCCC)OC(=O)CCCCCCCCCCC(C)CC. The van der Waals surface area contributed by atoms with Gasteiger partial charge in [-0.15, -0.1) is 0 Å². The lowest BCUT2D eigenvalue weighted by atomic mass is 9.99. The van der Waals surface area contributed by atoms with Crippen LogP contribution in [-0.2, 0) is 65.4 Å². The second-order valence-electron chi connectivity index (χ2n) is 25.3. The predicted octanol–water partition coefficient (Wildman–Crippen LogP) is 19.5. The van der Waals surface area contributed by atoms with E-state index in [1.807, 2.05) is 0 Å². The number of esters is 4. The molecule has 0 aromatic heterocycles. The quantitative estimate of drug-likeness (QED) is 0.0169. The molecule has 3 unspecified atom stereocenters. The minimum absolute atomic E-state index is 0.0848. The Balaban J connectivity index is 5.26. The number of ether oxygens (including phenoxy) is 4. The number of hydrogen-bond acceptors (Lipinski definition) is 15. The number of aliphatic hydroxyl groups excluding tert-OH is 1. The first-order valence-corrected chi connectivity index (χ1v) is 38.8. The summed E-state index contributed by atoms with van der Waals surface area (Å²) in [7, 11) is -9.91. The second kappa shape index (κ2) is 61.7. The van der Waals surface area contributed by atoms with Gasteiger partial charge in [0.15, 0.2) is 12.2 Å². The Morgan fingerprint density at radius 2 is 0.663 bits per heavy atom. The van der Waals surface area contributed by atoms with Crippen molar-refractivity contribution in [1.29, 1.82) is 0 Å². The molecule has 0 fully saturated rings. The van der Waals surface area contributed by atoms with Crippen molar-refractivity contribution in [2.75, 3.05) is 39.6 Å². The minimum atomic E-state index is -4.96. The number of rotatable bonds is 67. The molecular formula is C70H132O17P2. The van der Waals surface area contributed by atoms with Crippen molar-refractivity contribution in [3.63, 3.8) is 0 Å². The van der Waals surface area contributed by atoms with Crippen molar-refractivity contribution < 1.29 is 80.2 Å². The standard InChI is InChI=1S/C70H132O17P2/c1-7-10-12-14-16-17-18-19-20-21-26-29-36-42-48-54-69(74)86-66(59-81-68(73)53-47-41-35-28-25-23-22-24-27-33-38-44-50-62(4)5)61-85-89(78,79)83-57-64(71)56-82-88(76,77)84-60-65(58-80-67(72)52-46-40-32-15-13-11-8-2)87-70(75)55-49-43-37-31-30-34-39-45-51-63(6)9-3/h17-20,62-66,71H,7-16,21-61H2,1-6H3,(H,76,77)(H,78,79)/b18-17-,20-19-/t63?,64-,65+,66+/m0/s1. The normalized spacial score (nSPS) is 14.6. The largest absolute Gasteiger partial charge is 0.472 e. The van der Waals surface area contributed by atoms with Gasteiger partial charge in [0.1, 0.15) is 19.3 Å². The van der Waals surface area contributed by atoms with Crippen molar-refractivity contribution in [2.45, 2.75) is 349 Å².